The summed E-state index contributed by atoms with van der Waals surface area (Å²) >= 11 is 0. The number of rotatable bonds is 37. The number of esters is 2. The summed E-state index contributed by atoms with van der Waals surface area (Å²) in [5, 5.41) is 0. The Morgan fingerprint density at radius 1 is 0.547 bits per heavy atom. The minimum atomic E-state index is -4.27. The summed E-state index contributed by atoms with van der Waals surface area (Å²) in [6, 6.07) is 0. The van der Waals surface area contributed by atoms with Gasteiger partial charge in [-0.25, -0.2) is 4.57 Å². The van der Waals surface area contributed by atoms with Crippen LogP contribution in [0.15, 0.2) is 72.9 Å². The number of carbonyl (C=O) groups excluding carboxylic acids is 2. The van der Waals surface area contributed by atoms with E-state index in [9.17, 15) is 19.0 Å². The Hall–Kier alpha value is -2.51. The average molecular weight is 763 g/mol. The zero-order chi connectivity index (χ0) is 38.9. The van der Waals surface area contributed by atoms with E-state index in [2.05, 4.69) is 91.3 Å². The van der Waals surface area contributed by atoms with Gasteiger partial charge in [-0.15, -0.1) is 0 Å². The molecule has 0 rings (SSSR count). The van der Waals surface area contributed by atoms with Gasteiger partial charge in [-0.3, -0.25) is 18.6 Å². The predicted molar refractivity (Wildman–Crippen MR) is 221 cm³/mol. The van der Waals surface area contributed by atoms with Gasteiger partial charge in [-0.05, 0) is 83.5 Å². The third-order valence-electron chi connectivity index (χ3n) is 8.43. The van der Waals surface area contributed by atoms with Crippen molar-refractivity contribution < 1.29 is 37.6 Å². The first-order valence-corrected chi connectivity index (χ1v) is 22.1. The number of unbranched alkanes of at least 4 members (excludes halogenated alkanes) is 14. The zero-order valence-corrected chi connectivity index (χ0v) is 34.5. The van der Waals surface area contributed by atoms with E-state index in [0.717, 1.165) is 110 Å². The minimum absolute atomic E-state index is 0.222. The molecule has 2 unspecified atom stereocenters. The van der Waals surface area contributed by atoms with Crippen LogP contribution in [0.25, 0.3) is 0 Å². The van der Waals surface area contributed by atoms with Gasteiger partial charge in [0.2, 0.25) is 0 Å². The summed E-state index contributed by atoms with van der Waals surface area (Å²) < 4.78 is 31.9. The van der Waals surface area contributed by atoms with Crippen LogP contribution in [0.5, 0.6) is 0 Å². The van der Waals surface area contributed by atoms with Crippen molar-refractivity contribution in [3.05, 3.63) is 72.9 Å². The third-order valence-corrected chi connectivity index (χ3v) is 9.37. The maximum Gasteiger partial charge on any atom is 0.472 e. The molecule has 0 radical (unpaired) electrons. The van der Waals surface area contributed by atoms with Crippen LogP contribution in [0.1, 0.15) is 168 Å². The van der Waals surface area contributed by atoms with Gasteiger partial charge < -0.3 is 14.4 Å². The quantitative estimate of drug-likeness (QED) is 0.0288. The van der Waals surface area contributed by atoms with E-state index in [1.807, 2.05) is 0 Å². The normalized spacial score (nSPS) is 14.1. The monoisotopic (exact) mass is 763 g/mol. The zero-order valence-electron chi connectivity index (χ0n) is 33.6. The molecule has 2 atom stereocenters. The fourth-order valence-electron chi connectivity index (χ4n) is 5.27. The second-order valence-electron chi connectivity index (χ2n) is 13.4. The van der Waals surface area contributed by atoms with E-state index in [4.69, 9.17) is 14.0 Å². The van der Waals surface area contributed by atoms with Gasteiger partial charge in [0.15, 0.2) is 6.10 Å². The molecule has 0 heterocycles. The van der Waals surface area contributed by atoms with Gasteiger partial charge in [0, 0.05) is 20.0 Å². The number of phosphoric acid groups is 1. The van der Waals surface area contributed by atoms with E-state index in [-0.39, 0.29) is 19.4 Å². The molecule has 0 aliphatic rings. The summed E-state index contributed by atoms with van der Waals surface area (Å²) in [4.78, 5) is 34.4. The van der Waals surface area contributed by atoms with E-state index in [0.29, 0.717) is 12.8 Å². The Morgan fingerprint density at radius 3 is 1.43 bits per heavy atom. The van der Waals surface area contributed by atoms with E-state index in [1.165, 1.54) is 25.7 Å². The van der Waals surface area contributed by atoms with Crippen molar-refractivity contribution in [2.24, 2.45) is 0 Å². The highest BCUT2D eigenvalue weighted by molar-refractivity contribution is 7.47. The molecule has 0 aliphatic heterocycles. The molecule has 0 saturated carbocycles. The van der Waals surface area contributed by atoms with E-state index in [1.54, 1.807) is 0 Å². The average Bonchev–Trinajstić information content (AvgIpc) is 3.15. The molecule has 0 aromatic carbocycles. The molecule has 1 N–H and O–H groups in total. The molecule has 9 heteroatoms. The lowest BCUT2D eigenvalue weighted by Gasteiger charge is -2.19. The lowest BCUT2D eigenvalue weighted by molar-refractivity contribution is -0.161. The molecule has 304 valence electrons. The molecule has 8 nitrogen and oxygen atoms in total. The first kappa shape index (κ1) is 50.5. The van der Waals surface area contributed by atoms with E-state index < -0.39 is 32.5 Å². The van der Waals surface area contributed by atoms with Crippen LogP contribution in [0, 0.1) is 0 Å². The molecule has 0 fully saturated rings. The highest BCUT2D eigenvalue weighted by atomic mass is 31.2. The van der Waals surface area contributed by atoms with E-state index >= 15 is 0 Å². The highest BCUT2D eigenvalue weighted by Gasteiger charge is 2.24. The third kappa shape index (κ3) is 39.0. The number of hydrogen-bond donors (Lipinski definition) is 1. The highest BCUT2D eigenvalue weighted by Crippen LogP contribution is 2.42. The first-order chi connectivity index (χ1) is 25.8. The second-order valence-corrected chi connectivity index (χ2v) is 14.9. The molecule has 53 heavy (non-hydrogen) atoms. The number of ether oxygens (including phenoxy) is 2. The number of allylic oxidation sites excluding steroid dienone is 12. The smallest absolute Gasteiger partial charge is 0.462 e. The molecule has 0 bridgehead atoms. The Bertz CT molecular complexity index is 1090. The molecular weight excluding hydrogens is 687 g/mol. The Morgan fingerprint density at radius 2 is 0.962 bits per heavy atom. The van der Waals surface area contributed by atoms with Crippen molar-refractivity contribution in [3.8, 4) is 0 Å². The fourth-order valence-corrected chi connectivity index (χ4v) is 5.73. The van der Waals surface area contributed by atoms with Crippen molar-refractivity contribution in [3.63, 3.8) is 0 Å². The Labute approximate surface area is 323 Å². The van der Waals surface area contributed by atoms with Crippen molar-refractivity contribution in [2.75, 3.05) is 20.3 Å². The number of phosphoric ester groups is 1. The Kier molecular flexibility index (Phi) is 37.3. The van der Waals surface area contributed by atoms with Gasteiger partial charge in [-0.1, -0.05) is 145 Å². The summed E-state index contributed by atoms with van der Waals surface area (Å²) in [6.07, 6.45) is 49.5. The van der Waals surface area contributed by atoms with Crippen molar-refractivity contribution in [1.82, 2.24) is 0 Å². The Balaban J connectivity index is 4.09. The summed E-state index contributed by atoms with van der Waals surface area (Å²) in [7, 11) is -3.22. The van der Waals surface area contributed by atoms with Crippen molar-refractivity contribution in [2.45, 2.75) is 174 Å². The van der Waals surface area contributed by atoms with Gasteiger partial charge in [0.1, 0.15) is 6.61 Å². The molecule has 0 aliphatic carbocycles. The van der Waals surface area contributed by atoms with Gasteiger partial charge in [0.05, 0.1) is 6.61 Å². The predicted octanol–water partition coefficient (Wildman–Crippen LogP) is 12.9. The largest absolute Gasteiger partial charge is 0.472 e. The minimum Gasteiger partial charge on any atom is -0.462 e. The molecule has 0 aromatic rings. The van der Waals surface area contributed by atoms with Crippen LogP contribution in [-0.2, 0) is 32.7 Å². The topological polar surface area (TPSA) is 108 Å². The molecule has 0 spiro atoms. The maximum atomic E-state index is 12.5. The van der Waals surface area contributed by atoms with Gasteiger partial charge in [0.25, 0.3) is 0 Å². The van der Waals surface area contributed by atoms with Crippen molar-refractivity contribution >= 4 is 19.8 Å². The summed E-state index contributed by atoms with van der Waals surface area (Å²) in [6.45, 7) is 3.71. The SMILES string of the molecule is CC/C=C\C/C=C\C/C=C\CCCCCCCC(=O)OCC(COP(=O)(O)OC)OC(=O)CCCCCCCC/C=C\C/C=C\C/C=C\CCCCC. The lowest BCUT2D eigenvalue weighted by atomic mass is 10.1. The van der Waals surface area contributed by atoms with Gasteiger partial charge in [-0.2, -0.15) is 0 Å². The number of carbonyl (C=O) groups is 2. The fraction of sp³-hybridized carbons (Fsp3) is 0.682. The summed E-state index contributed by atoms with van der Waals surface area (Å²) in [5.41, 5.74) is 0. The van der Waals surface area contributed by atoms with Crippen LogP contribution >= 0.6 is 7.82 Å². The molecular formula is C44H75O8P. The standard InChI is InChI=1S/C44H75O8P/c1-4-6-8-10-12-14-16-18-20-21-22-23-25-27-29-31-33-35-37-39-44(46)52-42(41-51-53(47,48)49-3)40-50-43(45)38-36-34-32-30-28-26-24-19-17-15-13-11-9-7-5-2/h7,9,12-15,18-20,22-24,42H,4-6,8,10-11,16-17,21,25-41H2,1-3H3,(H,47,48)/b9-7-,14-12-,15-13-,20-18-,23-22-,24-19-. The summed E-state index contributed by atoms with van der Waals surface area (Å²) in [5.74, 6) is -0.844. The first-order valence-electron chi connectivity index (χ1n) is 20.6. The second kappa shape index (κ2) is 39.2. The van der Waals surface area contributed by atoms with Crippen LogP contribution in [0.3, 0.4) is 0 Å². The van der Waals surface area contributed by atoms with Crippen LogP contribution in [0.4, 0.5) is 0 Å². The molecule has 0 aromatic heterocycles. The van der Waals surface area contributed by atoms with Gasteiger partial charge >= 0.3 is 19.8 Å². The van der Waals surface area contributed by atoms with Crippen LogP contribution in [-0.4, -0.2) is 43.3 Å². The lowest BCUT2D eigenvalue weighted by Crippen LogP contribution is -2.29. The van der Waals surface area contributed by atoms with Crippen molar-refractivity contribution in [1.29, 1.82) is 0 Å². The maximum absolute atomic E-state index is 12.5. The molecule has 0 saturated heterocycles. The van der Waals surface area contributed by atoms with Crippen LogP contribution in [0.2, 0.25) is 0 Å². The number of hydrogen-bond acceptors (Lipinski definition) is 7. The van der Waals surface area contributed by atoms with Crippen LogP contribution < -0.4 is 0 Å². The molecule has 0 amide bonds.